The Morgan fingerprint density at radius 1 is 0.953 bits per heavy atom. The molecule has 0 saturated heterocycles. The number of anilines is 1. The second-order valence-corrected chi connectivity index (χ2v) is 9.91. The molecule has 5 rings (SSSR count). The average molecular weight is 587 g/mol. The molecule has 0 bridgehead atoms. The molecule has 0 radical (unpaired) electrons. The summed E-state index contributed by atoms with van der Waals surface area (Å²) in [6, 6.07) is 26.4. The summed E-state index contributed by atoms with van der Waals surface area (Å²) in [4.78, 5) is 34.1. The second-order valence-electron chi connectivity index (χ2n) is 9.91. The first kappa shape index (κ1) is 29.4. The first-order valence-corrected chi connectivity index (χ1v) is 13.6. The Morgan fingerprint density at radius 2 is 1.65 bits per heavy atom. The molecule has 0 spiro atoms. The molecule has 1 unspecified atom stereocenters. The highest BCUT2D eigenvalue weighted by Gasteiger charge is 2.31. The monoisotopic (exact) mass is 586 g/mol. The number of urea groups is 1. The van der Waals surface area contributed by atoms with Crippen molar-refractivity contribution in [3.63, 3.8) is 0 Å². The van der Waals surface area contributed by atoms with Gasteiger partial charge < -0.3 is 15.0 Å². The van der Waals surface area contributed by atoms with E-state index >= 15 is 0 Å². The van der Waals surface area contributed by atoms with Crippen LogP contribution in [0.5, 0.6) is 5.75 Å². The van der Waals surface area contributed by atoms with E-state index in [1.54, 1.807) is 55.5 Å². The van der Waals surface area contributed by atoms with Crippen LogP contribution in [0.1, 0.15) is 29.9 Å². The van der Waals surface area contributed by atoms with Gasteiger partial charge in [0, 0.05) is 12.2 Å². The van der Waals surface area contributed by atoms with Crippen molar-refractivity contribution in [2.45, 2.75) is 25.6 Å². The van der Waals surface area contributed by atoms with Gasteiger partial charge in [-0.1, -0.05) is 60.7 Å². The second kappa shape index (κ2) is 12.4. The first-order valence-electron chi connectivity index (χ1n) is 13.6. The van der Waals surface area contributed by atoms with E-state index in [9.17, 15) is 22.8 Å². The van der Waals surface area contributed by atoms with E-state index in [0.717, 1.165) is 17.7 Å². The van der Waals surface area contributed by atoms with Gasteiger partial charge in [-0.15, -0.1) is 0 Å². The third kappa shape index (κ3) is 6.38. The number of para-hydroxylation sites is 3. The van der Waals surface area contributed by atoms with Gasteiger partial charge in [0.2, 0.25) is 0 Å². The number of nitrogens with zero attached hydrogens (tertiary/aromatic N) is 3. The van der Waals surface area contributed by atoms with Crippen molar-refractivity contribution in [2.24, 2.45) is 0 Å². The SMILES string of the molecule is COc1ccccc1-n1c(C(C)N(CCc2ccccc2)C(=O)Nc2cccc(C(F)(F)F)c2)nc2ccccc2c1=O. The molecule has 1 heterocycles. The van der Waals surface area contributed by atoms with Crippen molar-refractivity contribution in [1.82, 2.24) is 14.5 Å². The summed E-state index contributed by atoms with van der Waals surface area (Å²) < 4.78 is 47.1. The summed E-state index contributed by atoms with van der Waals surface area (Å²) in [5, 5.41) is 3.01. The molecule has 7 nitrogen and oxygen atoms in total. The van der Waals surface area contributed by atoms with Crippen molar-refractivity contribution in [3.8, 4) is 11.4 Å². The van der Waals surface area contributed by atoms with Gasteiger partial charge in [0.15, 0.2) is 0 Å². The molecule has 0 saturated carbocycles. The first-order chi connectivity index (χ1) is 20.7. The van der Waals surface area contributed by atoms with Crippen LogP contribution in [0.15, 0.2) is 108 Å². The molecular weight excluding hydrogens is 557 g/mol. The summed E-state index contributed by atoms with van der Waals surface area (Å²) in [5.41, 5.74) is 0.609. The predicted octanol–water partition coefficient (Wildman–Crippen LogP) is 7.25. The fourth-order valence-corrected chi connectivity index (χ4v) is 4.95. The van der Waals surface area contributed by atoms with Gasteiger partial charge in [-0.3, -0.25) is 9.36 Å². The van der Waals surface area contributed by atoms with Crippen LogP contribution in [-0.4, -0.2) is 34.1 Å². The van der Waals surface area contributed by atoms with Gasteiger partial charge in [0.05, 0.1) is 35.3 Å². The van der Waals surface area contributed by atoms with Gasteiger partial charge in [-0.05, 0) is 61.4 Å². The Kier molecular flexibility index (Phi) is 8.47. The Hall–Kier alpha value is -5.12. The minimum Gasteiger partial charge on any atom is -0.495 e. The number of fused-ring (bicyclic) bond motifs is 1. The molecule has 1 N–H and O–H groups in total. The molecule has 5 aromatic rings. The van der Waals surface area contributed by atoms with Crippen LogP contribution in [0.2, 0.25) is 0 Å². The summed E-state index contributed by atoms with van der Waals surface area (Å²) in [6.45, 7) is 1.92. The molecule has 1 atom stereocenters. The number of methoxy groups -OCH3 is 1. The number of amides is 2. The van der Waals surface area contributed by atoms with E-state index in [1.807, 2.05) is 30.3 Å². The fourth-order valence-electron chi connectivity index (χ4n) is 4.95. The van der Waals surface area contributed by atoms with E-state index < -0.39 is 23.8 Å². The van der Waals surface area contributed by atoms with Crippen LogP contribution < -0.4 is 15.6 Å². The largest absolute Gasteiger partial charge is 0.495 e. The smallest absolute Gasteiger partial charge is 0.416 e. The highest BCUT2D eigenvalue weighted by molar-refractivity contribution is 5.89. The number of carbonyl (C=O) groups is 1. The Labute approximate surface area is 246 Å². The van der Waals surface area contributed by atoms with Crippen molar-refractivity contribution in [3.05, 3.63) is 130 Å². The maximum atomic E-state index is 14.0. The number of carbonyl (C=O) groups excluding carboxylic acids is 1. The Morgan fingerprint density at radius 3 is 2.40 bits per heavy atom. The lowest BCUT2D eigenvalue weighted by atomic mass is 10.1. The molecule has 2 amide bonds. The van der Waals surface area contributed by atoms with E-state index in [-0.39, 0.29) is 23.6 Å². The molecule has 0 fully saturated rings. The quantitative estimate of drug-likeness (QED) is 0.208. The van der Waals surface area contributed by atoms with Crippen LogP contribution in [0.3, 0.4) is 0 Å². The van der Waals surface area contributed by atoms with Gasteiger partial charge in [0.1, 0.15) is 11.6 Å². The fraction of sp³-hybridized carbons (Fsp3) is 0.182. The van der Waals surface area contributed by atoms with Crippen molar-refractivity contribution in [2.75, 3.05) is 19.0 Å². The predicted molar refractivity (Wildman–Crippen MR) is 160 cm³/mol. The zero-order valence-corrected chi connectivity index (χ0v) is 23.5. The van der Waals surface area contributed by atoms with Crippen LogP contribution in [0.25, 0.3) is 16.6 Å². The van der Waals surface area contributed by atoms with E-state index in [4.69, 9.17) is 9.72 Å². The molecule has 0 aliphatic heterocycles. The third-order valence-electron chi connectivity index (χ3n) is 7.16. The number of ether oxygens (including phenoxy) is 1. The van der Waals surface area contributed by atoms with Gasteiger partial charge in [-0.25, -0.2) is 9.78 Å². The number of aromatic nitrogens is 2. The summed E-state index contributed by atoms with van der Waals surface area (Å²) in [6.07, 6.45) is -4.12. The third-order valence-corrected chi connectivity index (χ3v) is 7.16. The highest BCUT2D eigenvalue weighted by atomic mass is 19.4. The van der Waals surface area contributed by atoms with Gasteiger partial charge >= 0.3 is 12.2 Å². The molecule has 0 aliphatic rings. The standard InChI is InChI=1S/C33H29F3N4O3/c1-22(30-38-27-16-7-6-15-26(27)31(41)40(30)28-17-8-9-18-29(28)43-2)39(20-19-23-11-4-3-5-12-23)32(42)37-25-14-10-13-24(21-25)33(34,35)36/h3-18,21-22H,19-20H2,1-2H3,(H,37,42). The molecule has 220 valence electrons. The van der Waals surface area contributed by atoms with Crippen molar-refractivity contribution in [1.29, 1.82) is 0 Å². The van der Waals surface area contributed by atoms with E-state index in [1.165, 1.54) is 28.7 Å². The van der Waals surface area contributed by atoms with E-state index in [0.29, 0.717) is 28.8 Å². The lowest BCUT2D eigenvalue weighted by molar-refractivity contribution is -0.137. The summed E-state index contributed by atoms with van der Waals surface area (Å²) in [5.74, 6) is 0.694. The number of halogens is 3. The van der Waals surface area contributed by atoms with Crippen LogP contribution in [0.4, 0.5) is 23.7 Å². The maximum Gasteiger partial charge on any atom is 0.416 e. The Bertz CT molecular complexity index is 1810. The summed E-state index contributed by atoms with van der Waals surface area (Å²) in [7, 11) is 1.50. The lowest BCUT2D eigenvalue weighted by Crippen LogP contribution is -2.41. The highest BCUT2D eigenvalue weighted by Crippen LogP contribution is 2.32. The molecule has 1 aromatic heterocycles. The number of benzene rings is 4. The minimum absolute atomic E-state index is 0.00896. The number of alkyl halides is 3. The number of rotatable bonds is 8. The molecule has 43 heavy (non-hydrogen) atoms. The van der Waals surface area contributed by atoms with Crippen LogP contribution >= 0.6 is 0 Å². The van der Waals surface area contributed by atoms with Crippen LogP contribution in [0, 0.1) is 0 Å². The Balaban J connectivity index is 1.61. The molecule has 4 aromatic carbocycles. The zero-order chi connectivity index (χ0) is 30.6. The summed E-state index contributed by atoms with van der Waals surface area (Å²) >= 11 is 0. The topological polar surface area (TPSA) is 76.5 Å². The molecular formula is C33H29F3N4O3. The zero-order valence-electron chi connectivity index (χ0n) is 23.5. The van der Waals surface area contributed by atoms with E-state index in [2.05, 4.69) is 5.32 Å². The van der Waals surface area contributed by atoms with Gasteiger partial charge in [-0.2, -0.15) is 13.2 Å². The number of hydrogen-bond acceptors (Lipinski definition) is 4. The normalized spacial score (nSPS) is 12.1. The molecule has 0 aliphatic carbocycles. The number of nitrogens with one attached hydrogen (secondary N) is 1. The molecule has 10 heteroatoms. The maximum absolute atomic E-state index is 14.0. The lowest BCUT2D eigenvalue weighted by Gasteiger charge is -2.31. The van der Waals surface area contributed by atoms with Crippen molar-refractivity contribution >= 4 is 22.6 Å². The van der Waals surface area contributed by atoms with Gasteiger partial charge in [0.25, 0.3) is 5.56 Å². The minimum atomic E-state index is -4.57. The number of hydrogen-bond donors (Lipinski definition) is 1. The average Bonchev–Trinajstić information content (AvgIpc) is 3.01. The van der Waals surface area contributed by atoms with Crippen molar-refractivity contribution < 1.29 is 22.7 Å². The van der Waals surface area contributed by atoms with Crippen LogP contribution in [-0.2, 0) is 12.6 Å².